The van der Waals surface area contributed by atoms with Gasteiger partial charge in [0.2, 0.25) is 0 Å². The molecule has 0 spiro atoms. The first-order valence-electron chi connectivity index (χ1n) is 8.04. The average molecular weight is 305 g/mol. The van der Waals surface area contributed by atoms with Crippen LogP contribution in [0.3, 0.4) is 0 Å². The molecule has 0 radical (unpaired) electrons. The maximum atomic E-state index is 6.74. The highest BCUT2D eigenvalue weighted by Crippen LogP contribution is 2.47. The standard InChI is InChI=1S/C19H32OSi/c1-9-11-15-19(10-2)16(3)13-12-14-17(19)20-21(7,8)18(4,5)6/h2,9,13,17H,1,11-12,14-15H2,3-8H3/t17-,19-/m0/s1. The van der Waals surface area contributed by atoms with E-state index >= 15 is 0 Å². The lowest BCUT2D eigenvalue weighted by Crippen LogP contribution is -2.50. The van der Waals surface area contributed by atoms with Gasteiger partial charge in [-0.1, -0.05) is 44.4 Å². The number of hydrogen-bond donors (Lipinski definition) is 0. The summed E-state index contributed by atoms with van der Waals surface area (Å²) in [6.07, 6.45) is 14.4. The summed E-state index contributed by atoms with van der Waals surface area (Å²) in [5.41, 5.74) is 1.06. The molecule has 2 heteroatoms. The maximum absolute atomic E-state index is 6.74. The molecule has 0 bridgehead atoms. The van der Waals surface area contributed by atoms with Crippen molar-refractivity contribution in [3.8, 4) is 12.3 Å². The fourth-order valence-electron chi connectivity index (χ4n) is 2.79. The molecule has 2 atom stereocenters. The molecule has 0 aromatic rings. The van der Waals surface area contributed by atoms with Gasteiger partial charge in [0.1, 0.15) is 0 Å². The molecule has 21 heavy (non-hydrogen) atoms. The van der Waals surface area contributed by atoms with Gasteiger partial charge in [-0.25, -0.2) is 0 Å². The SMILES string of the molecule is C#C[C@]1(CCC=C)C(C)=CCC[C@@H]1O[Si](C)(C)C(C)(C)C. The van der Waals surface area contributed by atoms with Crippen LogP contribution in [0.1, 0.15) is 53.4 Å². The number of hydrogen-bond acceptors (Lipinski definition) is 1. The summed E-state index contributed by atoms with van der Waals surface area (Å²) >= 11 is 0. The van der Waals surface area contributed by atoms with Crippen LogP contribution in [0.25, 0.3) is 0 Å². The third-order valence-corrected chi connectivity index (χ3v) is 9.86. The zero-order chi connectivity index (χ0) is 16.3. The normalized spacial score (nSPS) is 26.9. The van der Waals surface area contributed by atoms with Crippen molar-refractivity contribution in [3.05, 3.63) is 24.3 Å². The van der Waals surface area contributed by atoms with Gasteiger partial charge in [-0.3, -0.25) is 0 Å². The highest BCUT2D eigenvalue weighted by atomic mass is 28.4. The second-order valence-electron chi connectivity index (χ2n) is 7.77. The van der Waals surface area contributed by atoms with Crippen molar-refractivity contribution in [3.63, 3.8) is 0 Å². The Bertz CT molecular complexity index is 447. The zero-order valence-electron chi connectivity index (χ0n) is 14.8. The second kappa shape index (κ2) is 6.54. The lowest BCUT2D eigenvalue weighted by atomic mass is 9.69. The molecule has 118 valence electrons. The topological polar surface area (TPSA) is 9.23 Å². The van der Waals surface area contributed by atoms with E-state index in [0.29, 0.717) is 0 Å². The van der Waals surface area contributed by atoms with Crippen LogP contribution in [0.15, 0.2) is 24.3 Å². The van der Waals surface area contributed by atoms with Crippen molar-refractivity contribution in [2.45, 2.75) is 77.6 Å². The largest absolute Gasteiger partial charge is 0.412 e. The van der Waals surface area contributed by atoms with Gasteiger partial charge in [0, 0.05) is 0 Å². The minimum atomic E-state index is -1.81. The molecule has 0 saturated carbocycles. The summed E-state index contributed by atoms with van der Waals surface area (Å²) < 4.78 is 6.74. The van der Waals surface area contributed by atoms with Crippen LogP contribution in [0.4, 0.5) is 0 Å². The Morgan fingerprint density at radius 1 is 1.52 bits per heavy atom. The lowest BCUT2D eigenvalue weighted by molar-refractivity contribution is 0.0777. The van der Waals surface area contributed by atoms with Crippen LogP contribution < -0.4 is 0 Å². The zero-order valence-corrected chi connectivity index (χ0v) is 15.8. The Morgan fingerprint density at radius 3 is 2.62 bits per heavy atom. The molecule has 1 nitrogen and oxygen atoms in total. The van der Waals surface area contributed by atoms with Gasteiger partial charge in [-0.15, -0.1) is 13.0 Å². The summed E-state index contributed by atoms with van der Waals surface area (Å²) in [6, 6.07) is 0. The lowest BCUT2D eigenvalue weighted by Gasteiger charge is -2.47. The van der Waals surface area contributed by atoms with Crippen molar-refractivity contribution in [2.24, 2.45) is 5.41 Å². The number of terminal acetylenes is 1. The van der Waals surface area contributed by atoms with Crippen LogP contribution in [-0.4, -0.2) is 14.4 Å². The minimum absolute atomic E-state index is 0.147. The van der Waals surface area contributed by atoms with Gasteiger partial charge in [0.05, 0.1) is 11.5 Å². The Kier molecular flexibility index (Phi) is 5.69. The first kappa shape index (κ1) is 18.3. The van der Waals surface area contributed by atoms with E-state index in [1.807, 2.05) is 6.08 Å². The fraction of sp³-hybridized carbons (Fsp3) is 0.684. The van der Waals surface area contributed by atoms with Crippen LogP contribution in [0.5, 0.6) is 0 Å². The Hall–Kier alpha value is -0.783. The van der Waals surface area contributed by atoms with Crippen LogP contribution in [-0.2, 0) is 4.43 Å². The highest BCUT2D eigenvalue weighted by Gasteiger charge is 2.46. The van der Waals surface area contributed by atoms with Gasteiger partial charge < -0.3 is 4.43 Å². The third-order valence-electron chi connectivity index (χ3n) is 5.38. The smallest absolute Gasteiger partial charge is 0.192 e. The summed E-state index contributed by atoms with van der Waals surface area (Å²) in [5.74, 6) is 3.11. The van der Waals surface area contributed by atoms with Crippen molar-refractivity contribution >= 4 is 8.32 Å². The third kappa shape index (κ3) is 3.70. The predicted octanol–water partition coefficient (Wildman–Crippen LogP) is 5.70. The van der Waals surface area contributed by atoms with Gasteiger partial charge in [-0.05, 0) is 50.7 Å². The van der Waals surface area contributed by atoms with Gasteiger partial charge >= 0.3 is 0 Å². The van der Waals surface area contributed by atoms with E-state index in [0.717, 1.165) is 25.7 Å². The molecule has 1 rings (SSSR count). The molecule has 1 aliphatic carbocycles. The molecule has 0 fully saturated rings. The molecule has 0 aromatic heterocycles. The summed E-state index contributed by atoms with van der Waals surface area (Å²) in [6.45, 7) is 17.5. The maximum Gasteiger partial charge on any atom is 0.192 e. The van der Waals surface area contributed by atoms with Crippen LogP contribution in [0, 0.1) is 17.8 Å². The van der Waals surface area contributed by atoms with Crippen LogP contribution >= 0.6 is 0 Å². The van der Waals surface area contributed by atoms with Crippen molar-refractivity contribution in [2.75, 3.05) is 0 Å². The van der Waals surface area contributed by atoms with Crippen molar-refractivity contribution in [1.29, 1.82) is 0 Å². The van der Waals surface area contributed by atoms with E-state index < -0.39 is 8.32 Å². The molecule has 0 unspecified atom stereocenters. The quantitative estimate of drug-likeness (QED) is 0.359. The number of allylic oxidation sites excluding steroid dienone is 2. The fourth-order valence-corrected chi connectivity index (χ4v) is 4.18. The molecule has 0 aromatic carbocycles. The van der Waals surface area contributed by atoms with Crippen molar-refractivity contribution in [1.82, 2.24) is 0 Å². The van der Waals surface area contributed by atoms with E-state index in [1.165, 1.54) is 5.57 Å². The molecule has 0 N–H and O–H groups in total. The molecule has 0 amide bonds. The Balaban J connectivity index is 3.12. The van der Waals surface area contributed by atoms with E-state index in [2.05, 4.69) is 59.4 Å². The second-order valence-corrected chi connectivity index (χ2v) is 12.5. The summed E-state index contributed by atoms with van der Waals surface area (Å²) in [7, 11) is -1.81. The molecular weight excluding hydrogens is 272 g/mol. The van der Waals surface area contributed by atoms with Crippen LogP contribution in [0.2, 0.25) is 18.1 Å². The molecule has 0 aliphatic heterocycles. The number of rotatable bonds is 5. The summed E-state index contributed by atoms with van der Waals surface area (Å²) in [5, 5.41) is 0.209. The molecule has 0 saturated heterocycles. The minimum Gasteiger partial charge on any atom is -0.412 e. The molecule has 0 heterocycles. The Labute approximate surface area is 133 Å². The molecular formula is C19H32OSi. The van der Waals surface area contributed by atoms with E-state index in [1.54, 1.807) is 0 Å². The average Bonchev–Trinajstić information content (AvgIpc) is 2.37. The first-order chi connectivity index (χ1) is 9.60. The van der Waals surface area contributed by atoms with Gasteiger partial charge in [0.25, 0.3) is 0 Å². The molecule has 1 aliphatic rings. The first-order valence-corrected chi connectivity index (χ1v) is 11.0. The predicted molar refractivity (Wildman–Crippen MR) is 95.8 cm³/mol. The monoisotopic (exact) mass is 304 g/mol. The van der Waals surface area contributed by atoms with E-state index in [9.17, 15) is 0 Å². The van der Waals surface area contributed by atoms with Gasteiger partial charge in [-0.2, -0.15) is 0 Å². The van der Waals surface area contributed by atoms with Crippen molar-refractivity contribution < 1.29 is 4.43 Å². The van der Waals surface area contributed by atoms with E-state index in [4.69, 9.17) is 10.8 Å². The highest BCUT2D eigenvalue weighted by molar-refractivity contribution is 6.74. The van der Waals surface area contributed by atoms with E-state index in [-0.39, 0.29) is 16.6 Å². The Morgan fingerprint density at radius 2 is 2.14 bits per heavy atom. The van der Waals surface area contributed by atoms with Gasteiger partial charge in [0.15, 0.2) is 8.32 Å². The summed E-state index contributed by atoms with van der Waals surface area (Å²) in [4.78, 5) is 0.